The number of piperidine rings is 1. The van der Waals surface area contributed by atoms with Crippen LogP contribution in [0.15, 0.2) is 18.2 Å². The second-order valence-corrected chi connectivity index (χ2v) is 6.94. The molecule has 1 fully saturated rings. The van der Waals surface area contributed by atoms with Gasteiger partial charge in [0.2, 0.25) is 5.91 Å². The maximum absolute atomic E-state index is 12.4. The fourth-order valence-corrected chi connectivity index (χ4v) is 2.69. The van der Waals surface area contributed by atoms with E-state index in [9.17, 15) is 4.79 Å². The number of nitrogens with one attached hydrogen (secondary N) is 1. The summed E-state index contributed by atoms with van der Waals surface area (Å²) in [6.45, 7) is 10.5. The summed E-state index contributed by atoms with van der Waals surface area (Å²) in [6, 6.07) is 5.49. The van der Waals surface area contributed by atoms with Crippen LogP contribution in [-0.2, 0) is 4.79 Å². The third-order valence-corrected chi connectivity index (χ3v) is 4.60. The zero-order chi connectivity index (χ0) is 15.6. The fraction of sp³-hybridized carbons (Fsp3) is 0.588. The molecule has 1 unspecified atom stereocenters. The van der Waals surface area contributed by atoms with E-state index in [-0.39, 0.29) is 11.9 Å². The SMILES string of the molecule is Cc1ccc(N)cc1NC(=O)C(C)N1CCC(C)(C)CC1. The van der Waals surface area contributed by atoms with Crippen molar-refractivity contribution in [3.05, 3.63) is 23.8 Å². The maximum atomic E-state index is 12.4. The molecular weight excluding hydrogens is 262 g/mol. The molecule has 21 heavy (non-hydrogen) atoms. The van der Waals surface area contributed by atoms with Gasteiger partial charge in [-0.25, -0.2) is 0 Å². The first-order valence-electron chi connectivity index (χ1n) is 7.69. The van der Waals surface area contributed by atoms with Crippen LogP contribution in [0.25, 0.3) is 0 Å². The number of hydrogen-bond acceptors (Lipinski definition) is 3. The van der Waals surface area contributed by atoms with E-state index in [1.807, 2.05) is 32.0 Å². The Morgan fingerprint density at radius 3 is 2.57 bits per heavy atom. The molecule has 4 heteroatoms. The molecule has 1 aromatic rings. The minimum atomic E-state index is -0.109. The Morgan fingerprint density at radius 2 is 1.95 bits per heavy atom. The lowest BCUT2D eigenvalue weighted by Gasteiger charge is -2.39. The van der Waals surface area contributed by atoms with E-state index in [0.717, 1.165) is 37.2 Å². The van der Waals surface area contributed by atoms with Gasteiger partial charge < -0.3 is 11.1 Å². The number of nitrogens with two attached hydrogens (primary N) is 1. The van der Waals surface area contributed by atoms with Crippen molar-refractivity contribution in [1.29, 1.82) is 0 Å². The molecule has 116 valence electrons. The van der Waals surface area contributed by atoms with Crippen molar-refractivity contribution in [3.63, 3.8) is 0 Å². The van der Waals surface area contributed by atoms with Gasteiger partial charge in [-0.05, 0) is 62.9 Å². The molecule has 0 aliphatic carbocycles. The van der Waals surface area contributed by atoms with E-state index in [0.29, 0.717) is 11.1 Å². The van der Waals surface area contributed by atoms with E-state index in [1.165, 1.54) is 0 Å². The molecular formula is C17H27N3O. The molecule has 0 spiro atoms. The lowest BCUT2D eigenvalue weighted by molar-refractivity contribution is -0.121. The van der Waals surface area contributed by atoms with Crippen LogP contribution >= 0.6 is 0 Å². The zero-order valence-corrected chi connectivity index (χ0v) is 13.6. The van der Waals surface area contributed by atoms with Crippen LogP contribution in [0.2, 0.25) is 0 Å². The summed E-state index contributed by atoms with van der Waals surface area (Å²) in [7, 11) is 0. The number of nitrogens with zero attached hydrogens (tertiary/aromatic N) is 1. The van der Waals surface area contributed by atoms with Gasteiger partial charge in [0, 0.05) is 11.4 Å². The highest BCUT2D eigenvalue weighted by molar-refractivity contribution is 5.95. The number of nitrogen functional groups attached to an aromatic ring is 1. The van der Waals surface area contributed by atoms with Gasteiger partial charge in [-0.3, -0.25) is 9.69 Å². The molecule has 1 saturated heterocycles. The Hall–Kier alpha value is -1.55. The number of hydrogen-bond donors (Lipinski definition) is 2. The summed E-state index contributed by atoms with van der Waals surface area (Å²) >= 11 is 0. The number of carbonyl (C=O) groups excluding carboxylic acids is 1. The van der Waals surface area contributed by atoms with E-state index < -0.39 is 0 Å². The van der Waals surface area contributed by atoms with Gasteiger partial charge >= 0.3 is 0 Å². The summed E-state index contributed by atoms with van der Waals surface area (Å²) in [5, 5.41) is 3.01. The first-order valence-corrected chi connectivity index (χ1v) is 7.69. The molecule has 0 saturated carbocycles. The van der Waals surface area contributed by atoms with Gasteiger partial charge in [-0.15, -0.1) is 0 Å². The van der Waals surface area contributed by atoms with Crippen LogP contribution in [0.1, 0.15) is 39.2 Å². The maximum Gasteiger partial charge on any atom is 0.241 e. The third kappa shape index (κ3) is 3.97. The average Bonchev–Trinajstić information content (AvgIpc) is 2.42. The number of anilines is 2. The van der Waals surface area contributed by atoms with Crippen molar-refractivity contribution in [2.75, 3.05) is 24.1 Å². The Bertz CT molecular complexity index is 515. The second-order valence-electron chi connectivity index (χ2n) is 6.94. The van der Waals surface area contributed by atoms with Crippen molar-refractivity contribution in [2.45, 2.75) is 46.6 Å². The zero-order valence-electron chi connectivity index (χ0n) is 13.6. The third-order valence-electron chi connectivity index (χ3n) is 4.60. The van der Waals surface area contributed by atoms with Crippen molar-refractivity contribution in [1.82, 2.24) is 4.90 Å². The number of rotatable bonds is 3. The fourth-order valence-electron chi connectivity index (χ4n) is 2.69. The lowest BCUT2D eigenvalue weighted by atomic mass is 9.82. The Morgan fingerprint density at radius 1 is 1.33 bits per heavy atom. The minimum Gasteiger partial charge on any atom is -0.399 e. The molecule has 1 atom stereocenters. The molecule has 0 radical (unpaired) electrons. The second kappa shape index (κ2) is 6.06. The van der Waals surface area contributed by atoms with Crippen molar-refractivity contribution < 1.29 is 4.79 Å². The molecule has 1 aliphatic rings. The van der Waals surface area contributed by atoms with Gasteiger partial charge in [0.25, 0.3) is 0 Å². The molecule has 3 N–H and O–H groups in total. The molecule has 1 heterocycles. The van der Waals surface area contributed by atoms with E-state index >= 15 is 0 Å². The molecule has 4 nitrogen and oxygen atoms in total. The monoisotopic (exact) mass is 289 g/mol. The largest absolute Gasteiger partial charge is 0.399 e. The highest BCUT2D eigenvalue weighted by Gasteiger charge is 2.30. The smallest absolute Gasteiger partial charge is 0.241 e. The molecule has 1 aromatic carbocycles. The van der Waals surface area contributed by atoms with Crippen LogP contribution in [0.3, 0.4) is 0 Å². The van der Waals surface area contributed by atoms with Gasteiger partial charge in [0.15, 0.2) is 0 Å². The Kier molecular flexibility index (Phi) is 4.57. The normalized spacial score (nSPS) is 20.0. The van der Waals surface area contributed by atoms with Crippen LogP contribution in [0.5, 0.6) is 0 Å². The average molecular weight is 289 g/mol. The first-order chi connectivity index (χ1) is 9.78. The van der Waals surface area contributed by atoms with Gasteiger partial charge in [0.1, 0.15) is 0 Å². The number of likely N-dealkylation sites (tertiary alicyclic amines) is 1. The van der Waals surface area contributed by atoms with Crippen LogP contribution in [0, 0.1) is 12.3 Å². The predicted octanol–water partition coefficient (Wildman–Crippen LogP) is 3.03. The van der Waals surface area contributed by atoms with Crippen molar-refractivity contribution >= 4 is 17.3 Å². The molecule has 0 bridgehead atoms. The standard InChI is InChI=1S/C17H27N3O/c1-12-5-6-14(18)11-15(12)19-16(21)13(2)20-9-7-17(3,4)8-10-20/h5-6,11,13H,7-10,18H2,1-4H3,(H,19,21). The van der Waals surface area contributed by atoms with Crippen LogP contribution < -0.4 is 11.1 Å². The van der Waals surface area contributed by atoms with E-state index in [1.54, 1.807) is 0 Å². The van der Waals surface area contributed by atoms with Gasteiger partial charge in [0.05, 0.1) is 6.04 Å². The van der Waals surface area contributed by atoms with Gasteiger partial charge in [-0.2, -0.15) is 0 Å². The number of amides is 1. The predicted molar refractivity (Wildman–Crippen MR) is 88.3 cm³/mol. The molecule has 2 rings (SSSR count). The lowest BCUT2D eigenvalue weighted by Crippen LogP contribution is -2.47. The summed E-state index contributed by atoms with van der Waals surface area (Å²) in [5.74, 6) is 0.0448. The first kappa shape index (κ1) is 15.8. The highest BCUT2D eigenvalue weighted by Crippen LogP contribution is 2.30. The minimum absolute atomic E-state index is 0.0448. The molecule has 1 aliphatic heterocycles. The Balaban J connectivity index is 1.98. The van der Waals surface area contributed by atoms with Crippen LogP contribution in [0.4, 0.5) is 11.4 Å². The summed E-state index contributed by atoms with van der Waals surface area (Å²) in [5.41, 5.74) is 8.70. The summed E-state index contributed by atoms with van der Waals surface area (Å²) in [6.07, 6.45) is 2.28. The summed E-state index contributed by atoms with van der Waals surface area (Å²) < 4.78 is 0. The summed E-state index contributed by atoms with van der Waals surface area (Å²) in [4.78, 5) is 14.7. The number of aryl methyl sites for hydroxylation is 1. The molecule has 1 amide bonds. The highest BCUT2D eigenvalue weighted by atomic mass is 16.2. The van der Waals surface area contributed by atoms with E-state index in [2.05, 4.69) is 24.1 Å². The quantitative estimate of drug-likeness (QED) is 0.841. The van der Waals surface area contributed by atoms with E-state index in [4.69, 9.17) is 5.73 Å². The van der Waals surface area contributed by atoms with Crippen molar-refractivity contribution in [2.24, 2.45) is 5.41 Å². The Labute approximate surface area is 127 Å². The van der Waals surface area contributed by atoms with Crippen LogP contribution in [-0.4, -0.2) is 29.9 Å². The number of benzene rings is 1. The number of carbonyl (C=O) groups is 1. The topological polar surface area (TPSA) is 58.4 Å². The van der Waals surface area contributed by atoms with Crippen molar-refractivity contribution in [3.8, 4) is 0 Å². The van der Waals surface area contributed by atoms with Gasteiger partial charge in [-0.1, -0.05) is 19.9 Å². The molecule has 0 aromatic heterocycles.